The lowest BCUT2D eigenvalue weighted by Gasteiger charge is -2.34. The van der Waals surface area contributed by atoms with Crippen molar-refractivity contribution in [2.75, 3.05) is 26.4 Å². The van der Waals surface area contributed by atoms with Gasteiger partial charge in [-0.1, -0.05) is 0 Å². The molecule has 0 aromatic rings. The quantitative estimate of drug-likeness (QED) is 0.512. The number of hydrogen-bond donors (Lipinski definition) is 2. The third-order valence-corrected chi connectivity index (χ3v) is 3.80. The minimum Gasteiger partial charge on any atom is -0.380 e. The van der Waals surface area contributed by atoms with Crippen molar-refractivity contribution in [3.63, 3.8) is 0 Å². The lowest BCUT2D eigenvalue weighted by atomic mass is 9.79. The van der Waals surface area contributed by atoms with Gasteiger partial charge in [0.25, 0.3) is 0 Å². The van der Waals surface area contributed by atoms with Crippen molar-refractivity contribution in [2.24, 2.45) is 5.92 Å². The zero-order valence-corrected chi connectivity index (χ0v) is 14.9. The van der Waals surface area contributed by atoms with Crippen molar-refractivity contribution in [2.45, 2.75) is 58.6 Å². The van der Waals surface area contributed by atoms with Gasteiger partial charge in [-0.15, -0.1) is 0 Å². The summed E-state index contributed by atoms with van der Waals surface area (Å²) in [4.78, 5) is 34.3. The van der Waals surface area contributed by atoms with Gasteiger partial charge in [-0.3, -0.25) is 14.4 Å². The fraction of sp³-hybridized carbons (Fsp3) is 0.824. The van der Waals surface area contributed by atoms with Crippen LogP contribution in [-0.2, 0) is 23.9 Å². The molecule has 0 atom stereocenters. The van der Waals surface area contributed by atoms with E-state index >= 15 is 0 Å². The molecule has 0 unspecified atom stereocenters. The van der Waals surface area contributed by atoms with Gasteiger partial charge in [0, 0.05) is 31.3 Å². The van der Waals surface area contributed by atoms with E-state index in [1.54, 1.807) is 0 Å². The molecule has 0 saturated heterocycles. The van der Waals surface area contributed by atoms with Gasteiger partial charge in [0.15, 0.2) is 0 Å². The fourth-order valence-corrected chi connectivity index (χ4v) is 2.35. The molecule has 138 valence electrons. The average molecular weight is 342 g/mol. The van der Waals surface area contributed by atoms with Crippen LogP contribution in [0.5, 0.6) is 0 Å². The highest BCUT2D eigenvalue weighted by Crippen LogP contribution is 2.27. The highest BCUT2D eigenvalue weighted by atomic mass is 16.5. The minimum atomic E-state index is -0.0768. The molecule has 1 fully saturated rings. The summed E-state index contributed by atoms with van der Waals surface area (Å²) in [7, 11) is 0. The molecule has 1 aliphatic carbocycles. The Labute approximate surface area is 143 Å². The van der Waals surface area contributed by atoms with E-state index < -0.39 is 0 Å². The minimum absolute atomic E-state index is 0.0267. The standard InChI is InChI=1S/C17H30N2O5/c1-12(2)24-9-6-18-17(22)14-10-15(11-14)19-16(21)5-8-23-7-4-13(3)20/h12,14-15H,4-11H2,1-3H3,(H,18,22)(H,19,21). The Balaban J connectivity index is 2.01. The molecule has 0 aromatic heterocycles. The van der Waals surface area contributed by atoms with Gasteiger partial charge in [0.2, 0.25) is 11.8 Å². The van der Waals surface area contributed by atoms with Crippen molar-refractivity contribution in [3.05, 3.63) is 0 Å². The molecule has 0 bridgehead atoms. The van der Waals surface area contributed by atoms with Crippen molar-refractivity contribution in [3.8, 4) is 0 Å². The number of rotatable bonds is 12. The predicted octanol–water partition coefficient (Wildman–Crippen LogP) is 0.808. The largest absolute Gasteiger partial charge is 0.380 e. The van der Waals surface area contributed by atoms with Crippen LogP contribution in [0.3, 0.4) is 0 Å². The second-order valence-electron chi connectivity index (χ2n) is 6.46. The summed E-state index contributed by atoms with van der Waals surface area (Å²) >= 11 is 0. The summed E-state index contributed by atoms with van der Waals surface area (Å²) in [5.74, 6) is 0.00242. The first-order chi connectivity index (χ1) is 11.4. The molecular formula is C17H30N2O5. The SMILES string of the molecule is CC(=O)CCOCCC(=O)NC1CC(C(=O)NCCOC(C)C)C1. The number of amides is 2. The van der Waals surface area contributed by atoms with Gasteiger partial charge in [-0.25, -0.2) is 0 Å². The number of nitrogens with one attached hydrogen (secondary N) is 2. The summed E-state index contributed by atoms with van der Waals surface area (Å²) in [5.41, 5.74) is 0. The van der Waals surface area contributed by atoms with Crippen molar-refractivity contribution >= 4 is 17.6 Å². The third-order valence-electron chi connectivity index (χ3n) is 3.80. The first kappa shape index (κ1) is 20.6. The van der Waals surface area contributed by atoms with Crippen molar-refractivity contribution in [1.29, 1.82) is 0 Å². The highest BCUT2D eigenvalue weighted by molar-refractivity contribution is 5.81. The molecule has 24 heavy (non-hydrogen) atoms. The first-order valence-electron chi connectivity index (χ1n) is 8.64. The Bertz CT molecular complexity index is 419. The lowest BCUT2D eigenvalue weighted by Crippen LogP contribution is -2.49. The summed E-state index contributed by atoms with van der Waals surface area (Å²) in [6.07, 6.45) is 2.17. The maximum atomic E-state index is 11.9. The zero-order valence-electron chi connectivity index (χ0n) is 14.9. The van der Waals surface area contributed by atoms with Crippen LogP contribution >= 0.6 is 0 Å². The molecule has 0 aliphatic heterocycles. The Morgan fingerprint density at radius 1 is 1.08 bits per heavy atom. The van der Waals surface area contributed by atoms with Crippen molar-refractivity contribution < 1.29 is 23.9 Å². The Morgan fingerprint density at radius 2 is 1.75 bits per heavy atom. The van der Waals surface area contributed by atoms with Crippen LogP contribution in [0.15, 0.2) is 0 Å². The molecule has 7 nitrogen and oxygen atoms in total. The maximum absolute atomic E-state index is 11.9. The van der Waals surface area contributed by atoms with E-state index in [9.17, 15) is 14.4 Å². The Kier molecular flexibility index (Phi) is 9.56. The molecule has 0 heterocycles. The molecule has 2 N–H and O–H groups in total. The average Bonchev–Trinajstić information content (AvgIpc) is 2.45. The molecule has 0 spiro atoms. The number of carbonyl (C=O) groups is 3. The smallest absolute Gasteiger partial charge is 0.223 e. The topological polar surface area (TPSA) is 93.7 Å². The van der Waals surface area contributed by atoms with Gasteiger partial charge in [-0.2, -0.15) is 0 Å². The van der Waals surface area contributed by atoms with E-state index in [2.05, 4.69) is 10.6 Å². The van der Waals surface area contributed by atoms with E-state index in [0.717, 1.165) is 0 Å². The molecule has 1 aliphatic rings. The van der Waals surface area contributed by atoms with E-state index in [1.165, 1.54) is 6.92 Å². The second kappa shape index (κ2) is 11.1. The Morgan fingerprint density at radius 3 is 2.38 bits per heavy atom. The molecule has 0 aromatic carbocycles. The number of Topliss-reactive ketones (excluding diaryl/α,β-unsaturated/α-hetero) is 1. The molecule has 2 amide bonds. The van der Waals surface area contributed by atoms with Gasteiger partial charge >= 0.3 is 0 Å². The normalized spacial score (nSPS) is 19.7. The van der Waals surface area contributed by atoms with Crippen molar-refractivity contribution in [1.82, 2.24) is 10.6 Å². The predicted molar refractivity (Wildman–Crippen MR) is 89.5 cm³/mol. The lowest BCUT2D eigenvalue weighted by molar-refractivity contribution is -0.131. The zero-order chi connectivity index (χ0) is 17.9. The maximum Gasteiger partial charge on any atom is 0.223 e. The highest BCUT2D eigenvalue weighted by Gasteiger charge is 2.34. The summed E-state index contributed by atoms with van der Waals surface area (Å²) in [6, 6.07) is 0.0670. The molecule has 7 heteroatoms. The number of ether oxygens (including phenoxy) is 2. The van der Waals surface area contributed by atoms with E-state index in [1.807, 2.05) is 13.8 Å². The van der Waals surface area contributed by atoms with Crippen LogP contribution in [0.4, 0.5) is 0 Å². The number of ketones is 1. The number of hydrogen-bond acceptors (Lipinski definition) is 5. The molecule has 1 rings (SSSR count). The third kappa shape index (κ3) is 8.98. The monoisotopic (exact) mass is 342 g/mol. The Hall–Kier alpha value is -1.47. The first-order valence-corrected chi connectivity index (χ1v) is 8.64. The summed E-state index contributed by atoms with van der Waals surface area (Å²) in [5, 5.41) is 5.74. The molecule has 0 radical (unpaired) electrons. The van der Waals surface area contributed by atoms with E-state index in [4.69, 9.17) is 9.47 Å². The van der Waals surface area contributed by atoms with Gasteiger partial charge in [0.1, 0.15) is 5.78 Å². The van der Waals surface area contributed by atoms with Crippen LogP contribution in [0, 0.1) is 5.92 Å². The van der Waals surface area contributed by atoms with Gasteiger partial charge < -0.3 is 20.1 Å². The van der Waals surface area contributed by atoms with E-state index in [-0.39, 0.29) is 42.1 Å². The van der Waals surface area contributed by atoms with Crippen LogP contribution in [0.2, 0.25) is 0 Å². The van der Waals surface area contributed by atoms with Crippen LogP contribution in [-0.4, -0.2) is 56.1 Å². The van der Waals surface area contributed by atoms with Gasteiger partial charge in [-0.05, 0) is 33.6 Å². The van der Waals surface area contributed by atoms with Crippen LogP contribution in [0.25, 0.3) is 0 Å². The summed E-state index contributed by atoms with van der Waals surface area (Å²) in [6.45, 7) is 7.11. The summed E-state index contributed by atoms with van der Waals surface area (Å²) < 4.78 is 10.6. The number of carbonyl (C=O) groups excluding carboxylic acids is 3. The van der Waals surface area contributed by atoms with Crippen LogP contribution in [0.1, 0.15) is 46.5 Å². The fourth-order valence-electron chi connectivity index (χ4n) is 2.35. The second-order valence-corrected chi connectivity index (χ2v) is 6.46. The van der Waals surface area contributed by atoms with Gasteiger partial charge in [0.05, 0.1) is 25.9 Å². The molecular weight excluding hydrogens is 312 g/mol. The van der Waals surface area contributed by atoms with Crippen LogP contribution < -0.4 is 10.6 Å². The van der Waals surface area contributed by atoms with E-state index in [0.29, 0.717) is 45.6 Å². The molecule has 1 saturated carbocycles.